The predicted octanol–water partition coefficient (Wildman–Crippen LogP) is 1.30. The zero-order valence-corrected chi connectivity index (χ0v) is 30.3. The van der Waals surface area contributed by atoms with Crippen LogP contribution in [0.15, 0.2) is 42.5 Å². The first-order valence-corrected chi connectivity index (χ1v) is 18.2. The molecule has 0 spiro atoms. The van der Waals surface area contributed by atoms with Crippen LogP contribution in [0.5, 0.6) is 5.75 Å². The Kier molecular flexibility index (Phi) is 12.7. The third-order valence-electron chi connectivity index (χ3n) is 10.4. The number of rotatable bonds is 11. The second-order valence-corrected chi connectivity index (χ2v) is 14.2. The Morgan fingerprint density at radius 3 is 2.34 bits per heavy atom. The van der Waals surface area contributed by atoms with E-state index in [9.17, 15) is 30.0 Å². The highest BCUT2D eigenvalue weighted by molar-refractivity contribution is 6.30. The lowest BCUT2D eigenvalue weighted by Gasteiger charge is -2.44. The number of carbonyl (C=O) groups excluding carboxylic acids is 2. The first-order valence-electron chi connectivity index (χ1n) is 17.8. The molecule has 2 aliphatic heterocycles. The average molecular weight is 762 g/mol. The van der Waals surface area contributed by atoms with Crippen molar-refractivity contribution in [2.45, 2.75) is 113 Å². The molecule has 15 nitrogen and oxygen atoms in total. The fourth-order valence-corrected chi connectivity index (χ4v) is 7.43. The fourth-order valence-electron chi connectivity index (χ4n) is 7.31. The summed E-state index contributed by atoms with van der Waals surface area (Å²) >= 11 is 6.04. The number of methoxy groups -OCH3 is 1. The molecule has 1 aromatic heterocycles. The summed E-state index contributed by atoms with van der Waals surface area (Å²) in [6, 6.07) is 10.5. The third-order valence-corrected chi connectivity index (χ3v) is 10.6. The Labute approximate surface area is 311 Å². The van der Waals surface area contributed by atoms with Crippen LogP contribution in [0.1, 0.15) is 53.7 Å². The molecule has 1 aliphatic carbocycles. The lowest BCUT2D eigenvalue weighted by atomic mass is 9.91. The number of carbonyl (C=O) groups is 2. The number of aliphatic hydroxyl groups excluding tert-OH is 4. The maximum Gasteiger partial charge on any atom is 0.310 e. The molecule has 0 radical (unpaired) electrons. The van der Waals surface area contributed by atoms with Gasteiger partial charge in [0.2, 0.25) is 0 Å². The van der Waals surface area contributed by atoms with Gasteiger partial charge in [0.15, 0.2) is 12.6 Å². The van der Waals surface area contributed by atoms with Crippen LogP contribution in [0, 0.1) is 6.92 Å². The van der Waals surface area contributed by atoms with Crippen molar-refractivity contribution >= 4 is 34.4 Å². The minimum atomic E-state index is -1.46. The van der Waals surface area contributed by atoms with E-state index in [0.717, 1.165) is 0 Å². The lowest BCUT2D eigenvalue weighted by molar-refractivity contribution is -0.311. The van der Waals surface area contributed by atoms with Gasteiger partial charge >= 0.3 is 5.97 Å². The fraction of sp³-hybridized carbons (Fsp3) is 0.568. The van der Waals surface area contributed by atoms with E-state index in [2.05, 4.69) is 0 Å². The summed E-state index contributed by atoms with van der Waals surface area (Å²) < 4.78 is 36.3. The molecule has 53 heavy (non-hydrogen) atoms. The topological polar surface area (TPSA) is 227 Å². The number of benzene rings is 2. The van der Waals surface area contributed by atoms with Crippen LogP contribution in [0.2, 0.25) is 5.02 Å². The lowest BCUT2D eigenvalue weighted by Crippen LogP contribution is -2.64. The number of halogens is 1. The van der Waals surface area contributed by atoms with Crippen molar-refractivity contribution in [2.75, 3.05) is 20.3 Å². The number of aromatic nitrogens is 1. The number of ether oxygens (including phenoxy) is 6. The molecule has 2 aromatic carbocycles. The van der Waals surface area contributed by atoms with Gasteiger partial charge in [0, 0.05) is 34.6 Å². The molecule has 3 aromatic rings. The molecule has 16 heteroatoms. The Morgan fingerprint density at radius 1 is 0.925 bits per heavy atom. The number of aliphatic hydroxyl groups is 4. The molecule has 3 heterocycles. The Balaban J connectivity index is 1.11. The van der Waals surface area contributed by atoms with E-state index >= 15 is 0 Å². The van der Waals surface area contributed by atoms with Crippen molar-refractivity contribution < 1.29 is 58.4 Å². The van der Waals surface area contributed by atoms with Crippen LogP contribution in [-0.2, 0) is 34.9 Å². The van der Waals surface area contributed by atoms with Gasteiger partial charge in [-0.05, 0) is 80.6 Å². The molecule has 1 saturated carbocycles. The average Bonchev–Trinajstić information content (AvgIpc) is 3.42. The van der Waals surface area contributed by atoms with Gasteiger partial charge in [-0.1, -0.05) is 11.6 Å². The summed E-state index contributed by atoms with van der Waals surface area (Å²) in [5, 5.41) is 44.1. The van der Waals surface area contributed by atoms with Crippen LogP contribution in [0.3, 0.4) is 0 Å². The summed E-state index contributed by atoms with van der Waals surface area (Å²) in [5.41, 5.74) is 13.9. The van der Waals surface area contributed by atoms with E-state index in [0.29, 0.717) is 70.6 Å². The summed E-state index contributed by atoms with van der Waals surface area (Å²) in [7, 11) is 1.52. The second kappa shape index (κ2) is 17.1. The molecule has 2 saturated heterocycles. The van der Waals surface area contributed by atoms with E-state index in [1.807, 2.05) is 0 Å². The van der Waals surface area contributed by atoms with E-state index < -0.39 is 80.0 Å². The molecule has 3 fully saturated rings. The minimum absolute atomic E-state index is 0.130. The zero-order chi connectivity index (χ0) is 38.0. The van der Waals surface area contributed by atoms with Crippen molar-refractivity contribution in [3.05, 3.63) is 64.3 Å². The number of esters is 1. The summed E-state index contributed by atoms with van der Waals surface area (Å²) in [6.07, 6.45) is -7.63. The van der Waals surface area contributed by atoms with Gasteiger partial charge < -0.3 is 60.3 Å². The van der Waals surface area contributed by atoms with E-state index in [1.165, 1.54) is 11.7 Å². The molecule has 6 rings (SSSR count). The van der Waals surface area contributed by atoms with E-state index in [-0.39, 0.29) is 18.9 Å². The van der Waals surface area contributed by atoms with Gasteiger partial charge in [-0.3, -0.25) is 14.2 Å². The number of fused-ring (bicyclic) bond motifs is 1. The highest BCUT2D eigenvalue weighted by Crippen LogP contribution is 2.33. The van der Waals surface area contributed by atoms with Crippen LogP contribution in [-0.4, -0.2) is 125 Å². The van der Waals surface area contributed by atoms with Crippen LogP contribution in [0.25, 0.3) is 10.9 Å². The predicted molar refractivity (Wildman–Crippen MR) is 190 cm³/mol. The van der Waals surface area contributed by atoms with Crippen LogP contribution in [0.4, 0.5) is 0 Å². The van der Waals surface area contributed by atoms with Crippen molar-refractivity contribution in [3.63, 3.8) is 0 Å². The Bertz CT molecular complexity index is 1740. The summed E-state index contributed by atoms with van der Waals surface area (Å²) in [6.45, 7) is 1.44. The first-order chi connectivity index (χ1) is 25.4. The van der Waals surface area contributed by atoms with E-state index in [4.69, 9.17) is 51.5 Å². The molecule has 11 atom stereocenters. The van der Waals surface area contributed by atoms with Gasteiger partial charge in [-0.15, -0.1) is 0 Å². The molecular formula is C37H48ClN3O12. The molecule has 3 aliphatic rings. The first kappa shape index (κ1) is 39.5. The highest BCUT2D eigenvalue weighted by atomic mass is 35.5. The SMILES string of the molecule is COc1ccc2c(c1)c(CC(=O)OCC1OC(OC3CCCC(OC4CCC(O)C(CN)O4)C3O)C(O)C(N)C1O)c(C)n2C(=O)c1ccc(Cl)cc1. The standard InChI is InChI=1S/C37H48ClN3O12/c1-18-22(23-14-21(48-2)10-11-24(23)41(18)36(47)19-6-8-20(38)9-7-19)15-30(43)49-17-29-34(45)32(40)35(46)37(53-29)52-27-5-3-4-26(33(27)44)50-31-13-12-25(42)28(16-39)51-31/h6-11,14,25-29,31-35,37,42,44-46H,3-5,12-13,15-17,39-40H2,1-2H3. The quantitative estimate of drug-likeness (QED) is 0.152. The molecular weight excluding hydrogens is 714 g/mol. The van der Waals surface area contributed by atoms with Gasteiger partial charge in [0.05, 0.1) is 49.5 Å². The van der Waals surface area contributed by atoms with E-state index in [1.54, 1.807) is 49.4 Å². The van der Waals surface area contributed by atoms with Gasteiger partial charge in [0.25, 0.3) is 5.91 Å². The van der Waals surface area contributed by atoms with Gasteiger partial charge in [-0.2, -0.15) is 0 Å². The number of hydrogen-bond acceptors (Lipinski definition) is 14. The van der Waals surface area contributed by atoms with Gasteiger partial charge in [0.1, 0.15) is 36.8 Å². The van der Waals surface area contributed by atoms with Crippen LogP contribution < -0.4 is 16.2 Å². The van der Waals surface area contributed by atoms with Crippen molar-refractivity contribution in [1.82, 2.24) is 4.57 Å². The zero-order valence-electron chi connectivity index (χ0n) is 29.6. The number of hydrogen-bond donors (Lipinski definition) is 6. The van der Waals surface area contributed by atoms with Crippen molar-refractivity contribution in [3.8, 4) is 5.75 Å². The molecule has 0 amide bonds. The minimum Gasteiger partial charge on any atom is -0.497 e. The second-order valence-electron chi connectivity index (χ2n) is 13.8. The Morgan fingerprint density at radius 2 is 1.64 bits per heavy atom. The van der Waals surface area contributed by atoms with Crippen molar-refractivity contribution in [1.29, 1.82) is 0 Å². The molecule has 290 valence electrons. The monoisotopic (exact) mass is 761 g/mol. The molecule has 0 bridgehead atoms. The molecule has 8 N–H and O–H groups in total. The number of nitrogens with zero attached hydrogens (tertiary/aromatic N) is 1. The third kappa shape index (κ3) is 8.56. The Hall–Kier alpha value is -3.19. The highest BCUT2D eigenvalue weighted by Gasteiger charge is 2.47. The molecule has 11 unspecified atom stereocenters. The van der Waals surface area contributed by atoms with Crippen molar-refractivity contribution in [2.24, 2.45) is 11.5 Å². The maximum absolute atomic E-state index is 13.7. The largest absolute Gasteiger partial charge is 0.497 e. The summed E-state index contributed by atoms with van der Waals surface area (Å²) in [4.78, 5) is 27.0. The smallest absolute Gasteiger partial charge is 0.310 e. The van der Waals surface area contributed by atoms with Crippen LogP contribution >= 0.6 is 11.6 Å². The number of nitrogens with two attached hydrogens (primary N) is 2. The maximum atomic E-state index is 13.7. The van der Waals surface area contributed by atoms with Gasteiger partial charge in [-0.25, -0.2) is 0 Å². The normalized spacial score (nSPS) is 32.1. The summed E-state index contributed by atoms with van der Waals surface area (Å²) in [5.74, 6) is -0.447.